The molecule has 4 rings (SSSR count). The van der Waals surface area contributed by atoms with E-state index in [0.29, 0.717) is 12.1 Å². The number of carbonyl (C=O) groups excluding carboxylic acids is 1. The Hall–Kier alpha value is -3.46. The van der Waals surface area contributed by atoms with E-state index >= 15 is 0 Å². The SMILES string of the molecule is Cc1ccc(C)c(-c2cc3nc(n2)NS(=O)(=O)c2cccc(c2)C(=O)N[C@H](CC(C)(C)C)CO3)c1C. The number of sulfonamides is 1. The van der Waals surface area contributed by atoms with Crippen LogP contribution in [0.15, 0.2) is 47.4 Å². The second kappa shape index (κ2) is 9.54. The minimum Gasteiger partial charge on any atom is -0.475 e. The van der Waals surface area contributed by atoms with Crippen LogP contribution in [0.3, 0.4) is 0 Å². The van der Waals surface area contributed by atoms with E-state index in [1.54, 1.807) is 18.2 Å². The molecule has 2 heterocycles. The van der Waals surface area contributed by atoms with Crippen LogP contribution in [0.25, 0.3) is 11.3 Å². The lowest BCUT2D eigenvalue weighted by atomic mass is 9.88. The van der Waals surface area contributed by atoms with Crippen molar-refractivity contribution < 1.29 is 17.9 Å². The van der Waals surface area contributed by atoms with Crippen molar-refractivity contribution in [1.82, 2.24) is 15.3 Å². The quantitative estimate of drug-likeness (QED) is 0.515. The lowest BCUT2D eigenvalue weighted by Crippen LogP contribution is -2.41. The Morgan fingerprint density at radius 3 is 2.47 bits per heavy atom. The lowest BCUT2D eigenvalue weighted by Gasteiger charge is -2.27. The van der Waals surface area contributed by atoms with E-state index in [1.807, 2.05) is 32.9 Å². The van der Waals surface area contributed by atoms with Crippen molar-refractivity contribution in [2.24, 2.45) is 5.41 Å². The number of nitrogens with one attached hydrogen (secondary N) is 2. The Morgan fingerprint density at radius 1 is 1.03 bits per heavy atom. The van der Waals surface area contributed by atoms with Crippen molar-refractivity contribution >= 4 is 21.9 Å². The van der Waals surface area contributed by atoms with E-state index in [-0.39, 0.29) is 46.3 Å². The van der Waals surface area contributed by atoms with Gasteiger partial charge in [-0.05, 0) is 67.5 Å². The monoisotopic (exact) mass is 508 g/mol. The number of carbonyl (C=O) groups is 1. The minimum absolute atomic E-state index is 0.0545. The van der Waals surface area contributed by atoms with Gasteiger partial charge in [0.15, 0.2) is 0 Å². The normalized spacial score (nSPS) is 17.5. The smallest absolute Gasteiger partial charge is 0.264 e. The number of fused-ring (bicyclic) bond motifs is 4. The number of ether oxygens (including phenoxy) is 1. The molecule has 190 valence electrons. The van der Waals surface area contributed by atoms with Crippen molar-refractivity contribution in [3.63, 3.8) is 0 Å². The number of hydrogen-bond acceptors (Lipinski definition) is 6. The summed E-state index contributed by atoms with van der Waals surface area (Å²) in [5, 5.41) is 3.01. The largest absolute Gasteiger partial charge is 0.475 e. The van der Waals surface area contributed by atoms with Gasteiger partial charge in [-0.2, -0.15) is 4.98 Å². The first-order valence-electron chi connectivity index (χ1n) is 11.9. The number of nitrogens with zero attached hydrogens (tertiary/aromatic N) is 2. The molecule has 1 amide bonds. The Morgan fingerprint density at radius 2 is 1.75 bits per heavy atom. The van der Waals surface area contributed by atoms with Crippen LogP contribution < -0.4 is 14.8 Å². The average Bonchev–Trinajstić information content (AvgIpc) is 2.78. The molecule has 0 radical (unpaired) electrons. The van der Waals surface area contributed by atoms with Crippen molar-refractivity contribution in [2.75, 3.05) is 11.3 Å². The summed E-state index contributed by atoms with van der Waals surface area (Å²) >= 11 is 0. The Labute approximate surface area is 212 Å². The van der Waals surface area contributed by atoms with Crippen LogP contribution >= 0.6 is 0 Å². The molecule has 0 saturated carbocycles. The summed E-state index contributed by atoms with van der Waals surface area (Å²) in [5.74, 6) is -0.245. The van der Waals surface area contributed by atoms with E-state index in [1.165, 1.54) is 12.1 Å². The van der Waals surface area contributed by atoms with Crippen molar-refractivity contribution in [3.05, 3.63) is 64.7 Å². The van der Waals surface area contributed by atoms with Gasteiger partial charge in [-0.15, -0.1) is 0 Å². The Bertz CT molecular complexity index is 1430. The van der Waals surface area contributed by atoms with Crippen LogP contribution in [0.1, 0.15) is 54.2 Å². The number of rotatable bonds is 2. The molecule has 4 bridgehead atoms. The van der Waals surface area contributed by atoms with Crippen LogP contribution in [0.4, 0.5) is 5.95 Å². The van der Waals surface area contributed by atoms with Gasteiger partial charge < -0.3 is 10.1 Å². The molecule has 0 saturated heterocycles. The highest BCUT2D eigenvalue weighted by Crippen LogP contribution is 2.31. The summed E-state index contributed by atoms with van der Waals surface area (Å²) < 4.78 is 34.9. The molecule has 0 fully saturated rings. The van der Waals surface area contributed by atoms with E-state index in [0.717, 1.165) is 22.3 Å². The fourth-order valence-corrected chi connectivity index (χ4v) is 5.34. The van der Waals surface area contributed by atoms with Crippen molar-refractivity contribution in [3.8, 4) is 17.1 Å². The highest BCUT2D eigenvalue weighted by atomic mass is 32.2. The topological polar surface area (TPSA) is 110 Å². The van der Waals surface area contributed by atoms with Gasteiger partial charge in [0, 0.05) is 17.2 Å². The molecule has 9 heteroatoms. The zero-order valence-corrected chi connectivity index (χ0v) is 22.3. The summed E-state index contributed by atoms with van der Waals surface area (Å²) in [6, 6.07) is 11.3. The molecule has 36 heavy (non-hydrogen) atoms. The van der Waals surface area contributed by atoms with Crippen LogP contribution in [0.2, 0.25) is 0 Å². The summed E-state index contributed by atoms with van der Waals surface area (Å²) in [6.07, 6.45) is 0.649. The number of aryl methyl sites for hydroxylation is 2. The molecule has 1 aliphatic rings. The number of hydrogen-bond donors (Lipinski definition) is 2. The van der Waals surface area contributed by atoms with Crippen molar-refractivity contribution in [1.29, 1.82) is 0 Å². The molecule has 1 atom stereocenters. The van der Waals surface area contributed by atoms with Crippen molar-refractivity contribution in [2.45, 2.75) is 58.9 Å². The van der Waals surface area contributed by atoms with Gasteiger partial charge in [0.25, 0.3) is 15.9 Å². The van der Waals surface area contributed by atoms with Crippen LogP contribution in [-0.4, -0.2) is 36.9 Å². The van der Waals surface area contributed by atoms with Gasteiger partial charge >= 0.3 is 0 Å². The third-order valence-electron chi connectivity index (χ3n) is 6.16. The first-order chi connectivity index (χ1) is 16.8. The first-order valence-corrected chi connectivity index (χ1v) is 13.3. The second-order valence-electron chi connectivity index (χ2n) is 10.5. The Kier molecular flexibility index (Phi) is 6.79. The molecule has 8 nitrogen and oxygen atoms in total. The van der Waals surface area contributed by atoms with Crippen LogP contribution in [-0.2, 0) is 10.0 Å². The summed E-state index contributed by atoms with van der Waals surface area (Å²) in [6.45, 7) is 12.4. The third kappa shape index (κ3) is 5.67. The maximum Gasteiger partial charge on any atom is 0.264 e. The third-order valence-corrected chi connectivity index (χ3v) is 7.49. The summed E-state index contributed by atoms with van der Waals surface area (Å²) in [7, 11) is -4.06. The molecule has 1 aromatic heterocycles. The van der Waals surface area contributed by atoms with Crippen LogP contribution in [0.5, 0.6) is 5.88 Å². The highest BCUT2D eigenvalue weighted by Gasteiger charge is 2.25. The zero-order chi connectivity index (χ0) is 26.3. The molecule has 0 unspecified atom stereocenters. The summed E-state index contributed by atoms with van der Waals surface area (Å²) in [4.78, 5) is 21.9. The van der Waals surface area contributed by atoms with E-state index < -0.39 is 10.0 Å². The maximum atomic E-state index is 13.2. The molecule has 2 N–H and O–H groups in total. The first kappa shape index (κ1) is 25.6. The van der Waals surface area contributed by atoms with Gasteiger partial charge in [-0.3, -0.25) is 4.79 Å². The highest BCUT2D eigenvalue weighted by molar-refractivity contribution is 7.92. The Balaban J connectivity index is 1.87. The molecular weight excluding hydrogens is 476 g/mol. The molecule has 2 aromatic carbocycles. The van der Waals surface area contributed by atoms with Gasteiger partial charge in [-0.25, -0.2) is 18.1 Å². The molecule has 0 spiro atoms. The lowest BCUT2D eigenvalue weighted by molar-refractivity contribution is 0.0903. The predicted octanol–water partition coefficient (Wildman–Crippen LogP) is 4.80. The van der Waals surface area contributed by atoms with E-state index in [9.17, 15) is 13.2 Å². The summed E-state index contributed by atoms with van der Waals surface area (Å²) in [5.41, 5.74) is 4.74. The number of amides is 1. The molecule has 0 aliphatic carbocycles. The van der Waals surface area contributed by atoms with Gasteiger partial charge in [0.05, 0.1) is 16.6 Å². The minimum atomic E-state index is -4.06. The number of anilines is 1. The van der Waals surface area contributed by atoms with Gasteiger partial charge in [-0.1, -0.05) is 39.0 Å². The standard InChI is InChI=1S/C27H32N4O4S/c1-16-10-11-17(2)24(18(16)3)22-13-23-30-26(29-22)31-36(33,34)21-9-7-8-19(12-21)25(32)28-20(15-35-23)14-27(4,5)6/h7-13,20H,14-15H2,1-6H3,(H,28,32)(H,29,30,31)/t20-/m1/s1. The molecular formula is C27H32N4O4S. The number of aromatic nitrogens is 2. The zero-order valence-electron chi connectivity index (χ0n) is 21.5. The van der Waals surface area contributed by atoms with E-state index in [4.69, 9.17) is 4.74 Å². The second-order valence-corrected chi connectivity index (χ2v) is 12.2. The average molecular weight is 509 g/mol. The fourth-order valence-electron chi connectivity index (χ4n) is 4.35. The predicted molar refractivity (Wildman–Crippen MR) is 140 cm³/mol. The van der Waals surface area contributed by atoms with Crippen LogP contribution in [0, 0.1) is 26.2 Å². The van der Waals surface area contributed by atoms with E-state index in [2.05, 4.69) is 40.8 Å². The fraction of sp³-hybridized carbons (Fsp3) is 0.370. The number of benzene rings is 2. The molecule has 1 aliphatic heterocycles. The van der Waals surface area contributed by atoms with Gasteiger partial charge in [0.2, 0.25) is 11.8 Å². The molecule has 3 aromatic rings. The maximum absolute atomic E-state index is 13.2. The van der Waals surface area contributed by atoms with Gasteiger partial charge in [0.1, 0.15) is 6.61 Å².